The number of benzene rings is 14. The summed E-state index contributed by atoms with van der Waals surface area (Å²) in [4.78, 5) is 9.00. The molecular formula is C89H72N4O6. The molecule has 10 nitrogen and oxygen atoms in total. The van der Waals surface area contributed by atoms with Crippen LogP contribution in [0.15, 0.2) is 340 Å². The molecule has 0 fully saturated rings. The highest BCUT2D eigenvalue weighted by Crippen LogP contribution is 2.44. The fourth-order valence-corrected chi connectivity index (χ4v) is 12.6. The van der Waals surface area contributed by atoms with Gasteiger partial charge in [0.15, 0.2) is 0 Å². The minimum absolute atomic E-state index is 0.214. The highest BCUT2D eigenvalue weighted by atomic mass is 16.5. The molecule has 14 rings (SSSR count). The zero-order valence-corrected chi connectivity index (χ0v) is 55.6. The van der Waals surface area contributed by atoms with Gasteiger partial charge in [0.1, 0.15) is 34.5 Å². The summed E-state index contributed by atoms with van der Waals surface area (Å²) in [5.74, 6) is 4.24. The number of ether oxygens (including phenoxy) is 5. The summed E-state index contributed by atoms with van der Waals surface area (Å²) in [6, 6.07) is 118. The third-order valence-corrected chi connectivity index (χ3v) is 18.0. The largest absolute Gasteiger partial charge is 0.508 e. The van der Waals surface area contributed by atoms with E-state index < -0.39 is 0 Å². The van der Waals surface area contributed by atoms with Crippen LogP contribution in [0.2, 0.25) is 0 Å². The number of nitrogens with zero attached hydrogens (tertiary/aromatic N) is 4. The molecule has 0 aliphatic heterocycles. The lowest BCUT2D eigenvalue weighted by atomic mass is 10.0. The highest BCUT2D eigenvalue weighted by Gasteiger charge is 2.20. The molecular weight excluding hydrogens is 1220 g/mol. The van der Waals surface area contributed by atoms with Crippen molar-refractivity contribution in [3.8, 4) is 90.1 Å². The molecule has 1 N–H and O–H groups in total. The predicted octanol–water partition coefficient (Wildman–Crippen LogP) is 23.6. The third kappa shape index (κ3) is 14.0. The molecule has 0 amide bonds. The molecule has 0 spiro atoms. The smallest absolute Gasteiger partial charge is 0.119 e. The van der Waals surface area contributed by atoms with Gasteiger partial charge >= 0.3 is 0 Å². The van der Waals surface area contributed by atoms with E-state index in [-0.39, 0.29) is 5.75 Å². The van der Waals surface area contributed by atoms with Crippen molar-refractivity contribution in [1.29, 1.82) is 0 Å². The molecule has 0 aliphatic carbocycles. The number of hydrogen-bond donors (Lipinski definition) is 1. The van der Waals surface area contributed by atoms with E-state index in [2.05, 4.69) is 274 Å². The van der Waals surface area contributed by atoms with E-state index in [0.717, 1.165) is 153 Å². The Morgan fingerprint density at radius 3 is 0.384 bits per heavy atom. The molecule has 0 aromatic heterocycles. The minimum Gasteiger partial charge on any atom is -0.508 e. The predicted molar refractivity (Wildman–Crippen MR) is 407 cm³/mol. The lowest BCUT2D eigenvalue weighted by molar-refractivity contribution is 0.414. The van der Waals surface area contributed by atoms with E-state index in [0.29, 0.717) is 0 Å². The Balaban J connectivity index is 0.699. The molecule has 0 radical (unpaired) electrons. The van der Waals surface area contributed by atoms with Gasteiger partial charge in [-0.1, -0.05) is 121 Å². The maximum atomic E-state index is 10.2. The quantitative estimate of drug-likeness (QED) is 0.0709. The van der Waals surface area contributed by atoms with E-state index in [4.69, 9.17) is 23.7 Å². The summed E-state index contributed by atoms with van der Waals surface area (Å²) in [6.45, 7) is 0. The van der Waals surface area contributed by atoms with Crippen LogP contribution >= 0.6 is 0 Å². The number of phenolic OH excluding ortho intramolecular Hbond substituents is 1. The van der Waals surface area contributed by atoms with Crippen molar-refractivity contribution in [3.63, 3.8) is 0 Å². The standard InChI is InChI=1S/C89H72N4O6/c1-95-85-52-22-70(23-53-85)68-18-38-73(39-19-68)90(80-42-50-84(94)51-43-80)72-26-6-62(7-27-72)63-8-28-74(29-9-63)91(81-44-56-87(97-3)57-45-81)75-30-10-64(11-31-75)65-12-32-76(33-13-65)92(82-46-58-88(98-4)59-47-82)77-34-14-66(15-35-77)67-16-36-78(37-17-67)93(83-48-60-89(99-5)61-49-83)79-40-20-69(21-41-79)71-24-54-86(96-2)55-25-71/h6-61,94H,1-5H3. The Kier molecular flexibility index (Phi) is 18.6. The highest BCUT2D eigenvalue weighted by molar-refractivity contribution is 5.86. The van der Waals surface area contributed by atoms with Gasteiger partial charge in [0.05, 0.1) is 35.5 Å². The minimum atomic E-state index is 0.214. The van der Waals surface area contributed by atoms with Crippen LogP contribution in [0, 0.1) is 0 Å². The first-order chi connectivity index (χ1) is 48.7. The van der Waals surface area contributed by atoms with Crippen molar-refractivity contribution in [2.45, 2.75) is 0 Å². The molecule has 0 aliphatic rings. The Bertz CT molecular complexity index is 4940. The summed E-state index contributed by atoms with van der Waals surface area (Å²) in [6.07, 6.45) is 0. The van der Waals surface area contributed by atoms with Crippen LogP contribution in [0.4, 0.5) is 68.2 Å². The summed E-state index contributed by atoms with van der Waals surface area (Å²) < 4.78 is 27.5. The number of aromatic hydroxyl groups is 1. The zero-order valence-electron chi connectivity index (χ0n) is 55.6. The zero-order chi connectivity index (χ0) is 67.6. The van der Waals surface area contributed by atoms with Crippen LogP contribution in [0.3, 0.4) is 0 Å². The monoisotopic (exact) mass is 1290 g/mol. The maximum Gasteiger partial charge on any atom is 0.119 e. The first-order valence-electron chi connectivity index (χ1n) is 32.7. The van der Waals surface area contributed by atoms with Crippen molar-refractivity contribution in [2.24, 2.45) is 0 Å². The van der Waals surface area contributed by atoms with Crippen molar-refractivity contribution in [1.82, 2.24) is 0 Å². The third-order valence-electron chi connectivity index (χ3n) is 18.0. The average Bonchev–Trinajstić information content (AvgIpc) is 0.814. The van der Waals surface area contributed by atoms with Crippen molar-refractivity contribution in [3.05, 3.63) is 340 Å². The fourth-order valence-electron chi connectivity index (χ4n) is 12.6. The van der Waals surface area contributed by atoms with Crippen LogP contribution in [-0.4, -0.2) is 40.7 Å². The lowest BCUT2D eigenvalue weighted by Gasteiger charge is -2.27. The molecule has 0 unspecified atom stereocenters. The number of rotatable bonds is 22. The van der Waals surface area contributed by atoms with E-state index in [1.54, 1.807) is 47.7 Å². The molecule has 99 heavy (non-hydrogen) atoms. The van der Waals surface area contributed by atoms with E-state index in [1.165, 1.54) is 0 Å². The maximum absolute atomic E-state index is 10.2. The topological polar surface area (TPSA) is 79.3 Å². The van der Waals surface area contributed by atoms with Crippen LogP contribution in [0.1, 0.15) is 0 Å². The summed E-state index contributed by atoms with van der Waals surface area (Å²) in [7, 11) is 8.44. The number of methoxy groups -OCH3 is 5. The van der Waals surface area contributed by atoms with Crippen molar-refractivity contribution in [2.75, 3.05) is 55.1 Å². The number of phenols is 1. The molecule has 10 heteroatoms. The van der Waals surface area contributed by atoms with E-state index in [1.807, 2.05) is 72.8 Å². The van der Waals surface area contributed by atoms with Gasteiger partial charge in [0.2, 0.25) is 0 Å². The van der Waals surface area contributed by atoms with Crippen LogP contribution < -0.4 is 43.3 Å². The molecule has 14 aromatic rings. The van der Waals surface area contributed by atoms with Crippen LogP contribution in [0.25, 0.3) is 55.6 Å². The lowest BCUT2D eigenvalue weighted by Crippen LogP contribution is -2.10. The molecule has 0 saturated heterocycles. The number of hydrogen-bond acceptors (Lipinski definition) is 10. The van der Waals surface area contributed by atoms with Gasteiger partial charge in [-0.2, -0.15) is 0 Å². The summed E-state index contributed by atoms with van der Waals surface area (Å²) in [5, 5.41) is 10.2. The first kappa shape index (κ1) is 63.5. The Labute approximate surface area is 578 Å². The van der Waals surface area contributed by atoms with E-state index >= 15 is 0 Å². The molecule has 0 bridgehead atoms. The second-order valence-electron chi connectivity index (χ2n) is 23.8. The Morgan fingerprint density at radius 1 is 0.152 bits per heavy atom. The molecule has 0 saturated carbocycles. The average molecular weight is 1290 g/mol. The van der Waals surface area contributed by atoms with Gasteiger partial charge < -0.3 is 48.4 Å². The fraction of sp³-hybridized carbons (Fsp3) is 0.0562. The summed E-state index contributed by atoms with van der Waals surface area (Å²) >= 11 is 0. The molecule has 0 atom stereocenters. The second-order valence-corrected chi connectivity index (χ2v) is 23.8. The summed E-state index contributed by atoms with van der Waals surface area (Å²) in [5.41, 5.74) is 23.1. The van der Waals surface area contributed by atoms with E-state index in [9.17, 15) is 5.11 Å². The SMILES string of the molecule is COc1ccc(-c2ccc(N(c3ccc(O)cc3)c3ccc(-c4ccc(N(c5ccc(OC)cc5)c5ccc(-c6ccc(N(c7ccc(OC)cc7)c7ccc(-c8ccc(N(c9ccc(OC)cc9)c9ccc(-c%10ccc(OC)cc%10)cc9)cc8)cc7)cc6)cc5)cc4)cc3)cc2)cc1. The Morgan fingerprint density at radius 2 is 0.253 bits per heavy atom. The van der Waals surface area contributed by atoms with Crippen LogP contribution in [-0.2, 0) is 0 Å². The van der Waals surface area contributed by atoms with Crippen LogP contribution in [0.5, 0.6) is 34.5 Å². The van der Waals surface area contributed by atoms with Gasteiger partial charge in [-0.15, -0.1) is 0 Å². The Hall–Kier alpha value is -12.9. The molecule has 484 valence electrons. The first-order valence-corrected chi connectivity index (χ1v) is 32.7. The van der Waals surface area contributed by atoms with Gasteiger partial charge in [-0.3, -0.25) is 0 Å². The normalized spacial score (nSPS) is 10.9. The molecule has 14 aromatic carbocycles. The molecule has 0 heterocycles. The van der Waals surface area contributed by atoms with Gasteiger partial charge in [-0.05, 0) is 274 Å². The second kappa shape index (κ2) is 29.0. The van der Waals surface area contributed by atoms with Crippen molar-refractivity contribution >= 4 is 68.2 Å². The van der Waals surface area contributed by atoms with Gasteiger partial charge in [0.25, 0.3) is 0 Å². The number of anilines is 12. The van der Waals surface area contributed by atoms with Crippen molar-refractivity contribution < 1.29 is 28.8 Å². The van der Waals surface area contributed by atoms with Gasteiger partial charge in [-0.25, -0.2) is 0 Å². The van der Waals surface area contributed by atoms with Gasteiger partial charge in [0, 0.05) is 68.2 Å².